The van der Waals surface area contributed by atoms with E-state index in [1.807, 2.05) is 4.90 Å². The Bertz CT molecular complexity index is 345. The number of hydrogen-bond acceptors (Lipinski definition) is 6. The fourth-order valence-electron chi connectivity index (χ4n) is 1.95. The zero-order chi connectivity index (χ0) is 12.3. The first-order valence-corrected chi connectivity index (χ1v) is 5.50. The Morgan fingerprint density at radius 3 is 2.18 bits per heavy atom. The molecule has 1 aromatic rings. The summed E-state index contributed by atoms with van der Waals surface area (Å²) in [5.74, 6) is 0.642. The minimum atomic E-state index is -0.0400. The van der Waals surface area contributed by atoms with Crippen molar-refractivity contribution in [2.24, 2.45) is 0 Å². The summed E-state index contributed by atoms with van der Waals surface area (Å²) in [6, 6.07) is 0. The van der Waals surface area contributed by atoms with Gasteiger partial charge in [-0.1, -0.05) is 0 Å². The van der Waals surface area contributed by atoms with Gasteiger partial charge in [0.2, 0.25) is 5.95 Å². The first-order valence-electron chi connectivity index (χ1n) is 5.50. The molecule has 1 N–H and O–H groups in total. The van der Waals surface area contributed by atoms with Gasteiger partial charge in [0.25, 0.3) is 0 Å². The summed E-state index contributed by atoms with van der Waals surface area (Å²) >= 11 is 0. The van der Waals surface area contributed by atoms with Gasteiger partial charge in [-0.25, -0.2) is 9.97 Å². The van der Waals surface area contributed by atoms with E-state index in [0.29, 0.717) is 24.6 Å². The smallest absolute Gasteiger partial charge is 0.225 e. The molecule has 0 aromatic carbocycles. The molecule has 1 fully saturated rings. The Morgan fingerprint density at radius 2 is 1.76 bits per heavy atom. The molecule has 1 saturated heterocycles. The maximum Gasteiger partial charge on any atom is 0.225 e. The molecule has 2 rings (SSSR count). The van der Waals surface area contributed by atoms with E-state index >= 15 is 0 Å². The number of nitrogens with zero attached hydrogens (tertiary/aromatic N) is 3. The van der Waals surface area contributed by atoms with E-state index in [2.05, 4.69) is 9.97 Å². The van der Waals surface area contributed by atoms with Crippen LogP contribution in [0.3, 0.4) is 0 Å². The molecule has 94 valence electrons. The van der Waals surface area contributed by atoms with Crippen LogP contribution in [0.25, 0.3) is 0 Å². The zero-order valence-corrected chi connectivity index (χ0v) is 10.0. The molecule has 1 aromatic heterocycles. The number of methoxy groups -OCH3 is 2. The van der Waals surface area contributed by atoms with Crippen molar-refractivity contribution in [3.8, 4) is 0 Å². The largest absolute Gasteiger partial charge is 0.392 e. The Labute approximate surface area is 100 Å². The van der Waals surface area contributed by atoms with E-state index in [0.717, 1.165) is 0 Å². The highest BCUT2D eigenvalue weighted by atomic mass is 16.5. The van der Waals surface area contributed by atoms with Crippen molar-refractivity contribution in [3.63, 3.8) is 0 Å². The quantitative estimate of drug-likeness (QED) is 0.786. The Balaban J connectivity index is 2.07. The van der Waals surface area contributed by atoms with Crippen molar-refractivity contribution in [1.82, 2.24) is 9.97 Å². The molecule has 0 radical (unpaired) electrons. The highest BCUT2D eigenvalue weighted by molar-refractivity contribution is 5.33. The van der Waals surface area contributed by atoms with Gasteiger partial charge < -0.3 is 19.5 Å². The molecule has 2 atom stereocenters. The van der Waals surface area contributed by atoms with Gasteiger partial charge in [-0.05, 0) is 0 Å². The van der Waals surface area contributed by atoms with Gasteiger partial charge in [0.15, 0.2) is 0 Å². The highest BCUT2D eigenvalue weighted by Gasteiger charge is 2.34. The van der Waals surface area contributed by atoms with E-state index in [4.69, 9.17) is 14.6 Å². The number of aromatic nitrogens is 2. The fourth-order valence-corrected chi connectivity index (χ4v) is 1.95. The maximum atomic E-state index is 8.92. The van der Waals surface area contributed by atoms with Crippen molar-refractivity contribution in [3.05, 3.63) is 18.0 Å². The topological polar surface area (TPSA) is 67.7 Å². The van der Waals surface area contributed by atoms with E-state index in [9.17, 15) is 0 Å². The van der Waals surface area contributed by atoms with Crippen LogP contribution in [0.5, 0.6) is 0 Å². The van der Waals surface area contributed by atoms with Gasteiger partial charge in [-0.2, -0.15) is 0 Å². The van der Waals surface area contributed by atoms with Crippen LogP contribution in [-0.4, -0.2) is 54.6 Å². The van der Waals surface area contributed by atoms with Crippen LogP contribution in [0.2, 0.25) is 0 Å². The lowest BCUT2D eigenvalue weighted by atomic mass is 10.3. The van der Waals surface area contributed by atoms with Crippen LogP contribution in [0.15, 0.2) is 12.4 Å². The molecule has 2 heterocycles. The van der Waals surface area contributed by atoms with Crippen molar-refractivity contribution in [2.45, 2.75) is 18.8 Å². The second-order valence-electron chi connectivity index (χ2n) is 4.00. The summed E-state index contributed by atoms with van der Waals surface area (Å²) in [7, 11) is 3.35. The number of anilines is 1. The number of aliphatic hydroxyl groups is 1. The normalized spacial score (nSPS) is 24.3. The highest BCUT2D eigenvalue weighted by Crippen LogP contribution is 2.19. The van der Waals surface area contributed by atoms with Crippen LogP contribution in [0, 0.1) is 0 Å². The molecule has 0 amide bonds. The van der Waals surface area contributed by atoms with Crippen molar-refractivity contribution in [1.29, 1.82) is 0 Å². The first kappa shape index (κ1) is 12.2. The first-order chi connectivity index (χ1) is 8.28. The van der Waals surface area contributed by atoms with E-state index in [1.165, 1.54) is 0 Å². The molecule has 0 spiro atoms. The zero-order valence-electron chi connectivity index (χ0n) is 10.0. The Hall–Kier alpha value is -1.24. The molecule has 6 nitrogen and oxygen atoms in total. The molecule has 2 unspecified atom stereocenters. The van der Waals surface area contributed by atoms with Crippen molar-refractivity contribution in [2.75, 3.05) is 32.2 Å². The lowest BCUT2D eigenvalue weighted by Crippen LogP contribution is -2.27. The second-order valence-corrected chi connectivity index (χ2v) is 4.00. The minimum Gasteiger partial charge on any atom is -0.392 e. The SMILES string of the molecule is COC1CN(c2ncc(CO)cn2)CC1OC. The molecule has 1 aliphatic heterocycles. The molecule has 0 bridgehead atoms. The minimum absolute atomic E-state index is 0.0400. The van der Waals surface area contributed by atoms with Crippen molar-refractivity contribution >= 4 is 5.95 Å². The fraction of sp³-hybridized carbons (Fsp3) is 0.636. The van der Waals surface area contributed by atoms with Gasteiger partial charge in [0, 0.05) is 45.3 Å². The number of rotatable bonds is 4. The third kappa shape index (κ3) is 2.54. The van der Waals surface area contributed by atoms with Crippen LogP contribution < -0.4 is 4.90 Å². The van der Waals surface area contributed by atoms with E-state index in [1.54, 1.807) is 26.6 Å². The van der Waals surface area contributed by atoms with Crippen LogP contribution in [-0.2, 0) is 16.1 Å². The number of ether oxygens (including phenoxy) is 2. The standard InChI is InChI=1S/C11H17N3O3/c1-16-9-5-14(6-10(9)17-2)11-12-3-8(7-15)4-13-11/h3-4,9-10,15H,5-7H2,1-2H3. The van der Waals surface area contributed by atoms with Gasteiger partial charge in [0.1, 0.15) is 12.2 Å². The summed E-state index contributed by atoms with van der Waals surface area (Å²) < 4.78 is 10.7. The molecular weight excluding hydrogens is 222 g/mol. The number of aliphatic hydroxyl groups excluding tert-OH is 1. The van der Waals surface area contributed by atoms with Crippen LogP contribution in [0.4, 0.5) is 5.95 Å². The predicted molar refractivity (Wildman–Crippen MR) is 61.8 cm³/mol. The predicted octanol–water partition coefficient (Wildman–Crippen LogP) is -0.181. The van der Waals surface area contributed by atoms with Crippen molar-refractivity contribution < 1.29 is 14.6 Å². The molecular formula is C11H17N3O3. The average molecular weight is 239 g/mol. The lowest BCUT2D eigenvalue weighted by Gasteiger charge is -2.15. The van der Waals surface area contributed by atoms with Gasteiger partial charge in [-0.3, -0.25) is 0 Å². The monoisotopic (exact) mass is 239 g/mol. The Kier molecular flexibility index (Phi) is 3.88. The van der Waals surface area contributed by atoms with E-state index in [-0.39, 0.29) is 18.8 Å². The summed E-state index contributed by atoms with van der Waals surface area (Å²) in [5.41, 5.74) is 0.708. The molecule has 6 heteroatoms. The summed E-state index contributed by atoms with van der Waals surface area (Å²) in [6.07, 6.45) is 3.34. The third-order valence-electron chi connectivity index (χ3n) is 2.98. The van der Waals surface area contributed by atoms with Gasteiger partial charge in [0.05, 0.1) is 6.61 Å². The summed E-state index contributed by atoms with van der Waals surface area (Å²) in [5, 5.41) is 8.92. The van der Waals surface area contributed by atoms with Crippen LogP contribution in [0.1, 0.15) is 5.56 Å². The number of hydrogen-bond donors (Lipinski definition) is 1. The average Bonchev–Trinajstić information content (AvgIpc) is 2.82. The molecule has 17 heavy (non-hydrogen) atoms. The summed E-state index contributed by atoms with van der Waals surface area (Å²) in [4.78, 5) is 10.4. The Morgan fingerprint density at radius 1 is 1.24 bits per heavy atom. The molecule has 0 aliphatic carbocycles. The maximum absolute atomic E-state index is 8.92. The molecule has 0 saturated carbocycles. The summed E-state index contributed by atoms with van der Waals surface area (Å²) in [6.45, 7) is 1.39. The van der Waals surface area contributed by atoms with Crippen LogP contribution >= 0.6 is 0 Å². The van der Waals surface area contributed by atoms with E-state index < -0.39 is 0 Å². The van der Waals surface area contributed by atoms with Gasteiger partial charge in [-0.15, -0.1) is 0 Å². The second kappa shape index (κ2) is 5.39. The lowest BCUT2D eigenvalue weighted by molar-refractivity contribution is -0.00461. The molecule has 1 aliphatic rings. The van der Waals surface area contributed by atoms with Gasteiger partial charge >= 0.3 is 0 Å². The third-order valence-corrected chi connectivity index (χ3v) is 2.98.